The Bertz CT molecular complexity index is 790. The number of unbranched alkanes of at least 4 members (excludes halogenated alkanes) is 1. The van der Waals surface area contributed by atoms with Crippen molar-refractivity contribution >= 4 is 17.6 Å². The quantitative estimate of drug-likeness (QED) is 0.312. The largest absolute Gasteiger partial charge is 0.466 e. The van der Waals surface area contributed by atoms with Gasteiger partial charge in [-0.15, -0.1) is 12.8 Å². The van der Waals surface area contributed by atoms with Gasteiger partial charge in [-0.3, -0.25) is 14.5 Å². The number of hydrogen-bond acceptors (Lipinski definition) is 6. The van der Waals surface area contributed by atoms with Gasteiger partial charge in [-0.2, -0.15) is 0 Å². The maximum Gasteiger partial charge on any atom is 0.312 e. The fraction of sp³-hybridized carbons (Fsp3) is 0.655. The topological polar surface area (TPSA) is 59.1 Å². The number of ether oxygens (including phenoxy) is 2. The molecule has 1 unspecified atom stereocenters. The predicted molar refractivity (Wildman–Crippen MR) is 143 cm³/mol. The predicted octanol–water partition coefficient (Wildman–Crippen LogP) is 5.45. The number of cyclic esters (lactones) is 1. The van der Waals surface area contributed by atoms with Crippen LogP contribution in [0.1, 0.15) is 72.6 Å². The maximum atomic E-state index is 13.1. The molecule has 2 fully saturated rings. The molecule has 0 saturated carbocycles. The summed E-state index contributed by atoms with van der Waals surface area (Å²) < 4.78 is 23.3. The van der Waals surface area contributed by atoms with E-state index in [-0.39, 0.29) is 29.3 Å². The maximum absolute atomic E-state index is 13.1. The molecule has 6 nitrogen and oxygen atoms in total. The van der Waals surface area contributed by atoms with E-state index in [0.29, 0.717) is 6.61 Å². The zero-order valence-corrected chi connectivity index (χ0v) is 22.6. The van der Waals surface area contributed by atoms with E-state index in [4.69, 9.17) is 4.74 Å². The Hall–Kier alpha value is -2.59. The van der Waals surface area contributed by atoms with E-state index in [1.807, 2.05) is 12.1 Å². The molecular formula is C29H45FN2O4. The van der Waals surface area contributed by atoms with Gasteiger partial charge in [0.2, 0.25) is 0 Å². The molecule has 0 aromatic heterocycles. The highest BCUT2D eigenvalue weighted by Gasteiger charge is 2.47. The minimum atomic E-state index is -0.225. The van der Waals surface area contributed by atoms with E-state index in [2.05, 4.69) is 41.2 Å². The van der Waals surface area contributed by atoms with Crippen molar-refractivity contribution in [3.8, 4) is 12.8 Å². The highest BCUT2D eigenvalue weighted by Crippen LogP contribution is 2.43. The average Bonchev–Trinajstić information content (AvgIpc) is 3.19. The second-order valence-corrected chi connectivity index (χ2v) is 9.38. The number of hydrogen-bond donors (Lipinski definition) is 0. The van der Waals surface area contributed by atoms with Crippen molar-refractivity contribution < 1.29 is 23.5 Å². The van der Waals surface area contributed by atoms with Gasteiger partial charge >= 0.3 is 11.9 Å². The molecule has 2 aliphatic rings. The number of carbonyl (C=O) groups excluding carboxylic acids is 2. The van der Waals surface area contributed by atoms with Gasteiger partial charge in [0.1, 0.15) is 11.9 Å². The molecule has 2 aliphatic heterocycles. The first-order valence-electron chi connectivity index (χ1n) is 13.2. The Balaban J connectivity index is 0.000000710. The summed E-state index contributed by atoms with van der Waals surface area (Å²) in [6.07, 6.45) is 15.1. The molecule has 2 heterocycles. The van der Waals surface area contributed by atoms with Crippen LogP contribution in [0.4, 0.5) is 10.1 Å². The van der Waals surface area contributed by atoms with Crippen LogP contribution in [0.3, 0.4) is 0 Å². The number of halogens is 1. The van der Waals surface area contributed by atoms with Crippen LogP contribution < -0.4 is 4.90 Å². The Morgan fingerprint density at radius 2 is 1.72 bits per heavy atom. The van der Waals surface area contributed by atoms with Crippen LogP contribution in [0.2, 0.25) is 0 Å². The minimum absolute atomic E-state index is 0.0499. The van der Waals surface area contributed by atoms with Crippen LogP contribution in [-0.2, 0) is 19.1 Å². The number of terminal acetylenes is 1. The molecule has 0 spiro atoms. The fourth-order valence-electron chi connectivity index (χ4n) is 4.94. The molecule has 0 radical (unpaired) electrons. The first-order valence-corrected chi connectivity index (χ1v) is 13.2. The van der Waals surface area contributed by atoms with Gasteiger partial charge in [-0.25, -0.2) is 4.39 Å². The van der Waals surface area contributed by atoms with Gasteiger partial charge in [-0.1, -0.05) is 33.1 Å². The Morgan fingerprint density at radius 1 is 1.08 bits per heavy atom. The molecule has 0 N–H and O–H groups in total. The zero-order chi connectivity index (χ0) is 27.0. The third kappa shape index (κ3) is 10.2. The molecule has 2 saturated heterocycles. The van der Waals surface area contributed by atoms with Crippen LogP contribution in [0.5, 0.6) is 0 Å². The SMILES string of the molecule is C#C.CCCCC1(CCC)C[C@H](CCN2CCN(c3ccc(F)cc3)CC2)OC1=O.CCOC(C)=O. The third-order valence-corrected chi connectivity index (χ3v) is 6.74. The molecule has 2 atom stereocenters. The van der Waals surface area contributed by atoms with Gasteiger partial charge < -0.3 is 14.4 Å². The molecule has 0 bridgehead atoms. The average molecular weight is 505 g/mol. The number of esters is 2. The normalized spacial score (nSPS) is 21.5. The van der Waals surface area contributed by atoms with Gasteiger partial charge in [0.25, 0.3) is 0 Å². The summed E-state index contributed by atoms with van der Waals surface area (Å²) in [5.41, 5.74) is 0.863. The van der Waals surface area contributed by atoms with Crippen LogP contribution in [0.25, 0.3) is 0 Å². The first kappa shape index (κ1) is 31.4. The number of benzene rings is 1. The van der Waals surface area contributed by atoms with Crippen LogP contribution in [0, 0.1) is 24.1 Å². The lowest BCUT2D eigenvalue weighted by Crippen LogP contribution is -2.47. The van der Waals surface area contributed by atoms with Crippen LogP contribution in [0.15, 0.2) is 24.3 Å². The summed E-state index contributed by atoms with van der Waals surface area (Å²) >= 11 is 0. The van der Waals surface area contributed by atoms with Crippen molar-refractivity contribution in [1.29, 1.82) is 0 Å². The van der Waals surface area contributed by atoms with Crippen LogP contribution in [-0.4, -0.2) is 62.3 Å². The Morgan fingerprint density at radius 3 is 2.22 bits per heavy atom. The fourth-order valence-corrected chi connectivity index (χ4v) is 4.94. The molecule has 202 valence electrons. The van der Waals surface area contributed by atoms with Gasteiger partial charge in [0.05, 0.1) is 12.0 Å². The Labute approximate surface area is 217 Å². The second kappa shape index (κ2) is 17.0. The Kier molecular flexibility index (Phi) is 14.8. The van der Waals surface area contributed by atoms with Crippen molar-refractivity contribution in [1.82, 2.24) is 4.90 Å². The lowest BCUT2D eigenvalue weighted by atomic mass is 9.76. The molecule has 36 heavy (non-hydrogen) atoms. The molecule has 1 aromatic rings. The third-order valence-electron chi connectivity index (χ3n) is 6.74. The van der Waals surface area contributed by atoms with E-state index in [1.54, 1.807) is 6.92 Å². The van der Waals surface area contributed by atoms with E-state index >= 15 is 0 Å². The van der Waals surface area contributed by atoms with Gasteiger partial charge in [0.15, 0.2) is 0 Å². The van der Waals surface area contributed by atoms with E-state index in [0.717, 1.165) is 83.4 Å². The highest BCUT2D eigenvalue weighted by atomic mass is 19.1. The van der Waals surface area contributed by atoms with E-state index in [1.165, 1.54) is 19.1 Å². The van der Waals surface area contributed by atoms with Crippen molar-refractivity contribution in [3.63, 3.8) is 0 Å². The van der Waals surface area contributed by atoms with Crippen molar-refractivity contribution in [2.45, 2.75) is 78.7 Å². The monoisotopic (exact) mass is 504 g/mol. The van der Waals surface area contributed by atoms with E-state index < -0.39 is 0 Å². The lowest BCUT2D eigenvalue weighted by Gasteiger charge is -2.36. The molecule has 0 amide bonds. The highest BCUT2D eigenvalue weighted by molar-refractivity contribution is 5.79. The molecule has 1 aromatic carbocycles. The van der Waals surface area contributed by atoms with Gasteiger partial charge in [0, 0.05) is 51.8 Å². The zero-order valence-electron chi connectivity index (χ0n) is 22.6. The summed E-state index contributed by atoms with van der Waals surface area (Å²) in [5, 5.41) is 0. The minimum Gasteiger partial charge on any atom is -0.466 e. The molecule has 3 rings (SSSR count). The summed E-state index contributed by atoms with van der Waals surface area (Å²) in [6.45, 7) is 12.9. The van der Waals surface area contributed by atoms with Crippen LogP contribution >= 0.6 is 0 Å². The number of piperazine rings is 1. The summed E-state index contributed by atoms with van der Waals surface area (Å²) in [6, 6.07) is 6.76. The van der Waals surface area contributed by atoms with Crippen molar-refractivity contribution in [3.05, 3.63) is 30.1 Å². The van der Waals surface area contributed by atoms with Crippen molar-refractivity contribution in [2.24, 2.45) is 5.41 Å². The standard InChI is InChI=1S/C23H35FN2O2.C4H8O2.C2H2/c1-3-5-12-23(11-4-2)18-21(28-22(23)27)10-13-25-14-16-26(17-15-25)20-8-6-19(24)7-9-20;1-3-6-4(2)5;1-2/h6-9,21H,3-5,10-18H2,1-2H3;3H2,1-2H3;1-2H/t21-,23?;;/m0../s1. The number of rotatable bonds is 10. The molecular weight excluding hydrogens is 459 g/mol. The first-order chi connectivity index (χ1) is 17.3. The van der Waals surface area contributed by atoms with Crippen molar-refractivity contribution in [2.75, 3.05) is 44.2 Å². The second-order valence-electron chi connectivity index (χ2n) is 9.38. The summed E-state index contributed by atoms with van der Waals surface area (Å²) in [7, 11) is 0. The number of anilines is 1. The summed E-state index contributed by atoms with van der Waals surface area (Å²) in [5.74, 6) is -0.349. The van der Waals surface area contributed by atoms with E-state index in [9.17, 15) is 14.0 Å². The molecule has 0 aliphatic carbocycles. The smallest absolute Gasteiger partial charge is 0.312 e. The number of carbonyl (C=O) groups is 2. The summed E-state index contributed by atoms with van der Waals surface area (Å²) in [4.78, 5) is 27.2. The lowest BCUT2D eigenvalue weighted by molar-refractivity contribution is -0.149. The number of nitrogens with zero attached hydrogens (tertiary/aromatic N) is 2. The molecule has 7 heteroatoms. The van der Waals surface area contributed by atoms with Gasteiger partial charge in [-0.05, 0) is 50.5 Å².